The van der Waals surface area contributed by atoms with Gasteiger partial charge in [-0.15, -0.1) is 0 Å². The summed E-state index contributed by atoms with van der Waals surface area (Å²) >= 11 is 11.8. The van der Waals surface area contributed by atoms with Crippen molar-refractivity contribution in [3.63, 3.8) is 0 Å². The number of benzene rings is 2. The average Bonchev–Trinajstić information content (AvgIpc) is 2.78. The van der Waals surface area contributed by atoms with Crippen molar-refractivity contribution in [1.29, 1.82) is 0 Å². The van der Waals surface area contributed by atoms with E-state index < -0.39 is 26.0 Å². The molecule has 11 heteroatoms. The van der Waals surface area contributed by atoms with Gasteiger partial charge in [-0.2, -0.15) is 0 Å². The summed E-state index contributed by atoms with van der Waals surface area (Å²) in [6, 6.07) is 8.16. The molecule has 0 spiro atoms. The van der Waals surface area contributed by atoms with E-state index in [0.717, 1.165) is 0 Å². The molecule has 27 heavy (non-hydrogen) atoms. The summed E-state index contributed by atoms with van der Waals surface area (Å²) in [6.07, 6.45) is -0.0987. The standard InChI is InChI=1S/C16H14Cl2N2O5S2/c1-10-6-14(20-16(21)4-5-26(20,22)23)2-3-15(10)27(24,25)19-13-8-11(17)7-12(18)9-13/h2-3,6-9,19H,4-5H2,1H3. The maximum Gasteiger partial charge on any atom is 0.262 e. The minimum Gasteiger partial charge on any atom is -0.280 e. The maximum absolute atomic E-state index is 12.7. The topological polar surface area (TPSA) is 101 Å². The lowest BCUT2D eigenvalue weighted by Crippen LogP contribution is -2.29. The number of sulfonamides is 2. The van der Waals surface area contributed by atoms with Crippen molar-refractivity contribution in [3.8, 4) is 0 Å². The summed E-state index contributed by atoms with van der Waals surface area (Å²) in [7, 11) is -7.70. The van der Waals surface area contributed by atoms with Gasteiger partial charge in [0.15, 0.2) is 0 Å². The largest absolute Gasteiger partial charge is 0.280 e. The van der Waals surface area contributed by atoms with E-state index >= 15 is 0 Å². The first-order valence-corrected chi connectivity index (χ1v) is 11.5. The van der Waals surface area contributed by atoms with Gasteiger partial charge >= 0.3 is 0 Å². The number of carbonyl (C=O) groups excluding carboxylic acids is 1. The molecule has 0 unspecified atom stereocenters. The van der Waals surface area contributed by atoms with Gasteiger partial charge in [0.1, 0.15) is 0 Å². The number of rotatable bonds is 4. The van der Waals surface area contributed by atoms with Gasteiger partial charge in [0.2, 0.25) is 15.9 Å². The fraction of sp³-hybridized carbons (Fsp3) is 0.188. The predicted molar refractivity (Wildman–Crippen MR) is 104 cm³/mol. The minimum absolute atomic E-state index is 0.0635. The van der Waals surface area contributed by atoms with Gasteiger partial charge < -0.3 is 0 Å². The Bertz CT molecular complexity index is 1130. The fourth-order valence-corrected chi connectivity index (χ4v) is 6.00. The van der Waals surface area contributed by atoms with E-state index in [1.807, 2.05) is 0 Å². The zero-order valence-corrected chi connectivity index (χ0v) is 17.1. The number of carbonyl (C=O) groups is 1. The van der Waals surface area contributed by atoms with Crippen LogP contribution in [0.2, 0.25) is 10.0 Å². The van der Waals surface area contributed by atoms with Crippen molar-refractivity contribution in [2.75, 3.05) is 14.8 Å². The Morgan fingerprint density at radius 1 is 1.07 bits per heavy atom. The highest BCUT2D eigenvalue weighted by Gasteiger charge is 2.36. The third-order valence-electron chi connectivity index (χ3n) is 3.88. The molecule has 1 aliphatic heterocycles. The lowest BCUT2D eigenvalue weighted by atomic mass is 10.2. The minimum atomic E-state index is -3.98. The van der Waals surface area contributed by atoms with E-state index in [1.165, 1.54) is 43.3 Å². The molecule has 1 fully saturated rings. The molecule has 1 saturated heterocycles. The summed E-state index contributed by atoms with van der Waals surface area (Å²) in [6.45, 7) is 1.51. The van der Waals surface area contributed by atoms with Crippen molar-refractivity contribution in [2.45, 2.75) is 18.2 Å². The summed E-state index contributed by atoms with van der Waals surface area (Å²) in [4.78, 5) is 11.8. The Kier molecular flexibility index (Phi) is 5.15. The van der Waals surface area contributed by atoms with Gasteiger partial charge in [-0.3, -0.25) is 9.52 Å². The second kappa shape index (κ2) is 6.97. The lowest BCUT2D eigenvalue weighted by molar-refractivity contribution is -0.116. The number of amides is 1. The van der Waals surface area contributed by atoms with Crippen molar-refractivity contribution in [2.24, 2.45) is 0 Å². The van der Waals surface area contributed by atoms with Crippen molar-refractivity contribution < 1.29 is 21.6 Å². The molecule has 0 bridgehead atoms. The van der Waals surface area contributed by atoms with E-state index in [9.17, 15) is 21.6 Å². The molecule has 7 nitrogen and oxygen atoms in total. The number of aryl methyl sites for hydroxylation is 1. The fourth-order valence-electron chi connectivity index (χ4n) is 2.75. The Morgan fingerprint density at radius 2 is 1.70 bits per heavy atom. The number of nitrogens with zero attached hydrogens (tertiary/aromatic N) is 1. The van der Waals surface area contributed by atoms with Crippen LogP contribution in [0.3, 0.4) is 0 Å². The normalized spacial score (nSPS) is 16.6. The van der Waals surface area contributed by atoms with Crippen LogP contribution >= 0.6 is 23.2 Å². The molecule has 1 aliphatic rings. The Labute approximate surface area is 167 Å². The van der Waals surface area contributed by atoms with Crippen LogP contribution < -0.4 is 9.03 Å². The quantitative estimate of drug-likeness (QED) is 0.773. The Morgan fingerprint density at radius 3 is 2.22 bits per heavy atom. The number of anilines is 2. The number of nitrogens with one attached hydrogen (secondary N) is 1. The van der Waals surface area contributed by atoms with Gasteiger partial charge in [0.05, 0.1) is 22.0 Å². The molecule has 1 heterocycles. The van der Waals surface area contributed by atoms with Gasteiger partial charge in [-0.1, -0.05) is 23.2 Å². The monoisotopic (exact) mass is 448 g/mol. The molecule has 144 valence electrons. The first kappa shape index (κ1) is 19.9. The van der Waals surface area contributed by atoms with E-state index in [2.05, 4.69) is 4.72 Å². The molecule has 1 N–H and O–H groups in total. The third kappa shape index (κ3) is 4.06. The first-order chi connectivity index (χ1) is 12.5. The highest BCUT2D eigenvalue weighted by Crippen LogP contribution is 2.30. The maximum atomic E-state index is 12.7. The number of halogens is 2. The van der Waals surface area contributed by atoms with E-state index in [-0.39, 0.29) is 44.1 Å². The van der Waals surface area contributed by atoms with Crippen LogP contribution in [0.1, 0.15) is 12.0 Å². The zero-order valence-electron chi connectivity index (χ0n) is 13.9. The summed E-state index contributed by atoms with van der Waals surface area (Å²) in [5.41, 5.74) is 0.580. The van der Waals surface area contributed by atoms with Crippen LogP contribution in [-0.2, 0) is 24.8 Å². The van der Waals surface area contributed by atoms with E-state index in [1.54, 1.807) is 0 Å². The van der Waals surface area contributed by atoms with Crippen LogP contribution in [0, 0.1) is 6.92 Å². The number of hydrogen-bond donors (Lipinski definition) is 1. The van der Waals surface area contributed by atoms with E-state index in [4.69, 9.17) is 23.2 Å². The third-order valence-corrected chi connectivity index (χ3v) is 7.54. The molecule has 0 atom stereocenters. The molecule has 0 radical (unpaired) electrons. The van der Waals surface area contributed by atoms with Gasteiger partial charge in [0.25, 0.3) is 10.0 Å². The summed E-state index contributed by atoms with van der Waals surface area (Å²) in [5.74, 6) is -0.807. The highest BCUT2D eigenvalue weighted by molar-refractivity contribution is 7.94. The molecule has 0 aliphatic carbocycles. The molecule has 3 rings (SSSR count). The summed E-state index contributed by atoms with van der Waals surface area (Å²) < 4.78 is 52.5. The Balaban J connectivity index is 1.96. The van der Waals surface area contributed by atoms with Crippen LogP contribution in [-0.4, -0.2) is 28.5 Å². The van der Waals surface area contributed by atoms with Gasteiger partial charge in [-0.05, 0) is 48.9 Å². The highest BCUT2D eigenvalue weighted by atomic mass is 35.5. The van der Waals surface area contributed by atoms with Gasteiger partial charge in [-0.25, -0.2) is 21.1 Å². The lowest BCUT2D eigenvalue weighted by Gasteiger charge is -2.17. The van der Waals surface area contributed by atoms with Crippen LogP contribution in [0.4, 0.5) is 11.4 Å². The van der Waals surface area contributed by atoms with Crippen molar-refractivity contribution in [1.82, 2.24) is 0 Å². The molecule has 0 aromatic heterocycles. The first-order valence-electron chi connectivity index (χ1n) is 7.65. The second-order valence-corrected chi connectivity index (χ2v) is 10.4. The van der Waals surface area contributed by atoms with Crippen LogP contribution in [0.5, 0.6) is 0 Å². The van der Waals surface area contributed by atoms with Gasteiger partial charge in [0, 0.05) is 16.5 Å². The molecule has 0 saturated carbocycles. The predicted octanol–water partition coefficient (Wildman–Crippen LogP) is 3.17. The van der Waals surface area contributed by atoms with Crippen LogP contribution in [0.15, 0.2) is 41.3 Å². The zero-order chi connectivity index (χ0) is 20.0. The average molecular weight is 449 g/mol. The van der Waals surface area contributed by atoms with Crippen molar-refractivity contribution in [3.05, 3.63) is 52.0 Å². The Hall–Kier alpha value is -1.81. The molecule has 2 aromatic carbocycles. The smallest absolute Gasteiger partial charge is 0.262 e. The molecular weight excluding hydrogens is 435 g/mol. The summed E-state index contributed by atoms with van der Waals surface area (Å²) in [5, 5.41) is 0.537. The second-order valence-electron chi connectivity index (χ2n) is 5.94. The van der Waals surface area contributed by atoms with Crippen molar-refractivity contribution >= 4 is 60.5 Å². The molecule has 2 aromatic rings. The van der Waals surface area contributed by atoms with Crippen LogP contribution in [0.25, 0.3) is 0 Å². The number of hydrogen-bond acceptors (Lipinski definition) is 5. The molecular formula is C16H14Cl2N2O5S2. The SMILES string of the molecule is Cc1cc(N2C(=O)CCS2(=O)=O)ccc1S(=O)(=O)Nc1cc(Cl)cc(Cl)c1. The van der Waals surface area contributed by atoms with E-state index in [0.29, 0.717) is 4.31 Å². The molecule has 1 amide bonds.